The van der Waals surface area contributed by atoms with Gasteiger partial charge in [0.05, 0.1) is 18.1 Å². The van der Waals surface area contributed by atoms with Crippen LogP contribution in [-0.2, 0) is 16.2 Å². The number of nitrogens with one attached hydrogen (secondary N) is 2. The van der Waals surface area contributed by atoms with E-state index in [2.05, 4.69) is 53.5 Å². The van der Waals surface area contributed by atoms with Crippen LogP contribution in [0.2, 0.25) is 0 Å². The highest BCUT2D eigenvalue weighted by atomic mass is 16.5. The molecule has 0 spiro atoms. The monoisotopic (exact) mass is 413 g/mol. The fourth-order valence-electron chi connectivity index (χ4n) is 2.58. The summed E-state index contributed by atoms with van der Waals surface area (Å²) in [6, 6.07) is 3.43. The predicted molar refractivity (Wildman–Crippen MR) is 116 cm³/mol. The molecule has 2 rings (SSSR count). The van der Waals surface area contributed by atoms with Gasteiger partial charge in [-0.25, -0.2) is 0 Å². The molecule has 2 aromatic heterocycles. The summed E-state index contributed by atoms with van der Waals surface area (Å²) in [5.74, 6) is 1.55. The van der Waals surface area contributed by atoms with E-state index in [1.807, 2.05) is 0 Å². The molecule has 0 aliphatic carbocycles. The molecule has 0 saturated heterocycles. The lowest BCUT2D eigenvalue weighted by molar-refractivity contribution is -0.117. The molecule has 162 valence electrons. The van der Waals surface area contributed by atoms with Crippen molar-refractivity contribution in [2.45, 2.75) is 60.0 Å². The minimum Gasteiger partial charge on any atom is -0.485 e. The van der Waals surface area contributed by atoms with Crippen LogP contribution in [0, 0.1) is 11.8 Å². The number of anilines is 2. The molecule has 2 aromatic rings. The van der Waals surface area contributed by atoms with Crippen LogP contribution < -0.4 is 15.4 Å². The number of rotatable bonds is 11. The van der Waals surface area contributed by atoms with Gasteiger partial charge in [0.2, 0.25) is 11.8 Å². The number of hydrogen-bond donors (Lipinski definition) is 2. The van der Waals surface area contributed by atoms with Gasteiger partial charge in [0.15, 0.2) is 11.6 Å². The Bertz CT molecular complexity index is 770. The van der Waals surface area contributed by atoms with Gasteiger partial charge in [-0.1, -0.05) is 27.7 Å². The van der Waals surface area contributed by atoms with Crippen LogP contribution in [0.4, 0.5) is 11.5 Å². The maximum atomic E-state index is 12.2. The normalized spacial score (nSPS) is 10.9. The Morgan fingerprint density at radius 3 is 2.30 bits per heavy atom. The SMILES string of the molecule is CC(C)CCC(=O)Nc1ccncc1OCc1ccnnc1NC(=O)CCC(C)C. The second-order valence-electron chi connectivity index (χ2n) is 8.03. The maximum absolute atomic E-state index is 12.2. The zero-order chi connectivity index (χ0) is 21.9. The van der Waals surface area contributed by atoms with Crippen LogP contribution in [0.3, 0.4) is 0 Å². The lowest BCUT2D eigenvalue weighted by Gasteiger charge is -2.14. The van der Waals surface area contributed by atoms with Crippen molar-refractivity contribution in [2.75, 3.05) is 10.6 Å². The second-order valence-corrected chi connectivity index (χ2v) is 8.03. The molecule has 0 aliphatic heterocycles. The number of aromatic nitrogens is 3. The smallest absolute Gasteiger partial charge is 0.225 e. The molecular weight excluding hydrogens is 382 g/mol. The molecule has 8 nitrogen and oxygen atoms in total. The minimum absolute atomic E-state index is 0.0663. The van der Waals surface area contributed by atoms with E-state index in [0.717, 1.165) is 12.8 Å². The summed E-state index contributed by atoms with van der Waals surface area (Å²) < 4.78 is 5.87. The lowest BCUT2D eigenvalue weighted by Crippen LogP contribution is -2.16. The molecule has 0 aromatic carbocycles. The molecular formula is C22H31N5O3. The summed E-state index contributed by atoms with van der Waals surface area (Å²) in [5, 5.41) is 13.5. The van der Waals surface area contributed by atoms with Crippen molar-refractivity contribution in [1.82, 2.24) is 15.2 Å². The summed E-state index contributed by atoms with van der Waals surface area (Å²) in [4.78, 5) is 28.4. The van der Waals surface area contributed by atoms with E-state index in [1.54, 1.807) is 30.7 Å². The van der Waals surface area contributed by atoms with Gasteiger partial charge in [0.25, 0.3) is 0 Å². The van der Waals surface area contributed by atoms with Crippen LogP contribution in [0.25, 0.3) is 0 Å². The lowest BCUT2D eigenvalue weighted by atomic mass is 10.1. The van der Waals surface area contributed by atoms with Crippen molar-refractivity contribution in [1.29, 1.82) is 0 Å². The van der Waals surface area contributed by atoms with Crippen LogP contribution in [-0.4, -0.2) is 27.0 Å². The number of nitrogens with zero attached hydrogens (tertiary/aromatic N) is 3. The average Bonchev–Trinajstić information content (AvgIpc) is 2.71. The number of ether oxygens (including phenoxy) is 1. The first-order valence-electron chi connectivity index (χ1n) is 10.3. The fourth-order valence-corrected chi connectivity index (χ4v) is 2.58. The highest BCUT2D eigenvalue weighted by molar-refractivity contribution is 5.92. The average molecular weight is 414 g/mol. The fraction of sp³-hybridized carbons (Fsp3) is 0.500. The molecule has 0 unspecified atom stereocenters. The van der Waals surface area contributed by atoms with E-state index >= 15 is 0 Å². The van der Waals surface area contributed by atoms with Gasteiger partial charge in [0.1, 0.15) is 6.61 Å². The quantitative estimate of drug-likeness (QED) is 0.572. The van der Waals surface area contributed by atoms with Crippen molar-refractivity contribution in [3.8, 4) is 5.75 Å². The first kappa shape index (κ1) is 23.3. The van der Waals surface area contributed by atoms with Crippen molar-refractivity contribution in [2.24, 2.45) is 11.8 Å². The summed E-state index contributed by atoms with van der Waals surface area (Å²) in [5.41, 5.74) is 1.24. The Balaban J connectivity index is 2.01. The van der Waals surface area contributed by atoms with Crippen LogP contribution in [0.1, 0.15) is 58.9 Å². The molecule has 0 saturated carbocycles. The molecule has 0 aliphatic rings. The second kappa shape index (κ2) is 11.8. The summed E-state index contributed by atoms with van der Waals surface area (Å²) in [7, 11) is 0. The van der Waals surface area contributed by atoms with Gasteiger partial charge in [-0.05, 0) is 36.8 Å². The Hall–Kier alpha value is -3.03. The Morgan fingerprint density at radius 2 is 1.63 bits per heavy atom. The number of amides is 2. The van der Waals surface area contributed by atoms with E-state index < -0.39 is 0 Å². The molecule has 2 N–H and O–H groups in total. The van der Waals surface area contributed by atoms with Crippen molar-refractivity contribution in [3.63, 3.8) is 0 Å². The zero-order valence-corrected chi connectivity index (χ0v) is 18.1. The number of hydrogen-bond acceptors (Lipinski definition) is 6. The molecule has 0 radical (unpaired) electrons. The zero-order valence-electron chi connectivity index (χ0n) is 18.1. The third kappa shape index (κ3) is 8.14. The first-order valence-corrected chi connectivity index (χ1v) is 10.3. The van der Waals surface area contributed by atoms with Crippen molar-refractivity contribution >= 4 is 23.3 Å². The first-order chi connectivity index (χ1) is 14.3. The standard InChI is InChI=1S/C22H31N5O3/c1-15(2)5-7-20(28)25-18-10-11-23-13-19(18)30-14-17-9-12-24-27-22(17)26-21(29)8-6-16(3)4/h9-13,15-16H,5-8,14H2,1-4H3,(H,23,25,28)(H,26,27,29). The van der Waals surface area contributed by atoms with Gasteiger partial charge >= 0.3 is 0 Å². The Morgan fingerprint density at radius 1 is 0.967 bits per heavy atom. The van der Waals surface area contributed by atoms with E-state index in [-0.39, 0.29) is 18.4 Å². The van der Waals surface area contributed by atoms with Gasteiger partial charge < -0.3 is 15.4 Å². The largest absolute Gasteiger partial charge is 0.485 e. The highest BCUT2D eigenvalue weighted by Crippen LogP contribution is 2.25. The highest BCUT2D eigenvalue weighted by Gasteiger charge is 2.13. The maximum Gasteiger partial charge on any atom is 0.225 e. The summed E-state index contributed by atoms with van der Waals surface area (Å²) in [6.45, 7) is 8.45. The molecule has 0 bridgehead atoms. The third-order valence-electron chi connectivity index (χ3n) is 4.40. The molecule has 8 heteroatoms. The van der Waals surface area contributed by atoms with E-state index in [9.17, 15) is 9.59 Å². The summed E-state index contributed by atoms with van der Waals surface area (Å²) >= 11 is 0. The van der Waals surface area contributed by atoms with Gasteiger partial charge in [-0.3, -0.25) is 14.6 Å². The topological polar surface area (TPSA) is 106 Å². The Kier molecular flexibility index (Phi) is 9.18. The minimum atomic E-state index is -0.107. The predicted octanol–water partition coefficient (Wildman–Crippen LogP) is 4.20. The van der Waals surface area contributed by atoms with Crippen LogP contribution in [0.15, 0.2) is 30.7 Å². The molecule has 0 atom stereocenters. The molecule has 2 amide bonds. The van der Waals surface area contributed by atoms with Crippen LogP contribution in [0.5, 0.6) is 5.75 Å². The number of pyridine rings is 1. The van der Waals surface area contributed by atoms with Gasteiger partial charge in [-0.15, -0.1) is 5.10 Å². The van der Waals surface area contributed by atoms with E-state index in [1.165, 1.54) is 0 Å². The van der Waals surface area contributed by atoms with Gasteiger partial charge in [0, 0.05) is 24.6 Å². The molecule has 30 heavy (non-hydrogen) atoms. The van der Waals surface area contributed by atoms with Crippen LogP contribution >= 0.6 is 0 Å². The molecule has 2 heterocycles. The Labute approximate surface area is 177 Å². The third-order valence-corrected chi connectivity index (χ3v) is 4.40. The van der Waals surface area contributed by atoms with E-state index in [4.69, 9.17) is 4.74 Å². The van der Waals surface area contributed by atoms with Crippen molar-refractivity contribution < 1.29 is 14.3 Å². The molecule has 0 fully saturated rings. The summed E-state index contributed by atoms with van der Waals surface area (Å²) in [6.07, 6.45) is 7.17. The van der Waals surface area contributed by atoms with Crippen molar-refractivity contribution in [3.05, 3.63) is 36.3 Å². The van der Waals surface area contributed by atoms with E-state index in [0.29, 0.717) is 47.5 Å². The number of carbonyl (C=O) groups excluding carboxylic acids is 2. The number of carbonyl (C=O) groups is 2. The van der Waals surface area contributed by atoms with Gasteiger partial charge in [-0.2, -0.15) is 5.10 Å².